The van der Waals surface area contributed by atoms with Gasteiger partial charge in [-0.3, -0.25) is 9.59 Å². The molecule has 3 aliphatic carbocycles. The van der Waals surface area contributed by atoms with Gasteiger partial charge in [0.2, 0.25) is 0 Å². The van der Waals surface area contributed by atoms with E-state index in [1.165, 1.54) is 5.56 Å². The minimum Gasteiger partial charge on any atom is -0.493 e. The largest absolute Gasteiger partial charge is 0.493 e. The predicted octanol–water partition coefficient (Wildman–Crippen LogP) is 2.85. The zero-order valence-electron chi connectivity index (χ0n) is 20.7. The van der Waals surface area contributed by atoms with E-state index in [1.54, 1.807) is 43.5 Å². The van der Waals surface area contributed by atoms with E-state index in [9.17, 15) is 19.8 Å². The average Bonchev–Trinajstić information content (AvgIpc) is 3.25. The molecule has 1 fully saturated rings. The third-order valence-electron chi connectivity index (χ3n) is 8.69. The van der Waals surface area contributed by atoms with Crippen LogP contribution in [0.25, 0.3) is 0 Å². The molecule has 1 spiro atoms. The van der Waals surface area contributed by atoms with E-state index in [2.05, 4.69) is 11.4 Å². The Kier molecular flexibility index (Phi) is 5.76. The highest BCUT2D eigenvalue weighted by Gasteiger charge is 2.70. The molecule has 5 atom stereocenters. The van der Waals surface area contributed by atoms with Crippen LogP contribution < -0.4 is 14.8 Å². The summed E-state index contributed by atoms with van der Waals surface area (Å²) in [4.78, 5) is 25.1. The molecular weight excluding hydrogens is 474 g/mol. The van der Waals surface area contributed by atoms with E-state index < -0.39 is 35.1 Å². The summed E-state index contributed by atoms with van der Waals surface area (Å²) in [6, 6.07) is 12.6. The standard InChI is InChI=1S/C29H31NO7/c1-35-20-10-9-18-16-19-8-5-13-28-23(18)25(20)37-26(28)21(11-14-29(19,28)34)36-22(31)12-15-30-27(33)24(32)17-6-3-2-4-7-17/h2-4,6-7,9-11,19,24,26,32,34H,5,8,12-16H2,1H3,(H,30,33)/t19-,24-,26+,28+,29-/m1/s1. The monoisotopic (exact) mass is 505 g/mol. The van der Waals surface area contributed by atoms with E-state index in [1.807, 2.05) is 6.07 Å². The third kappa shape index (κ3) is 3.49. The fourth-order valence-corrected chi connectivity index (χ4v) is 7.04. The number of amides is 1. The number of aliphatic hydroxyl groups is 2. The van der Waals surface area contributed by atoms with Crippen molar-refractivity contribution in [2.45, 2.75) is 61.7 Å². The van der Waals surface area contributed by atoms with Gasteiger partial charge >= 0.3 is 5.97 Å². The summed E-state index contributed by atoms with van der Waals surface area (Å²) in [6.45, 7) is 0.0235. The maximum atomic E-state index is 12.8. The van der Waals surface area contributed by atoms with Crippen molar-refractivity contribution in [3.63, 3.8) is 0 Å². The van der Waals surface area contributed by atoms with Crippen LogP contribution in [0.5, 0.6) is 11.5 Å². The van der Waals surface area contributed by atoms with Gasteiger partial charge in [0.1, 0.15) is 5.76 Å². The van der Waals surface area contributed by atoms with Crippen molar-refractivity contribution in [2.24, 2.45) is 5.92 Å². The fraction of sp³-hybridized carbons (Fsp3) is 0.448. The van der Waals surface area contributed by atoms with E-state index in [4.69, 9.17) is 14.2 Å². The van der Waals surface area contributed by atoms with Crippen molar-refractivity contribution in [3.05, 3.63) is 71.0 Å². The number of hydrogen-bond acceptors (Lipinski definition) is 7. The summed E-state index contributed by atoms with van der Waals surface area (Å²) in [7, 11) is 1.60. The van der Waals surface area contributed by atoms with Gasteiger partial charge in [0.25, 0.3) is 5.91 Å². The first kappa shape index (κ1) is 24.0. The first-order valence-electron chi connectivity index (χ1n) is 12.9. The van der Waals surface area contributed by atoms with Crippen LogP contribution in [0.3, 0.4) is 0 Å². The maximum Gasteiger partial charge on any atom is 0.312 e. The first-order valence-corrected chi connectivity index (χ1v) is 12.9. The number of hydrogen-bond donors (Lipinski definition) is 3. The van der Waals surface area contributed by atoms with Gasteiger partial charge in [-0.25, -0.2) is 0 Å². The van der Waals surface area contributed by atoms with E-state index in [0.717, 1.165) is 31.2 Å². The molecule has 8 heteroatoms. The van der Waals surface area contributed by atoms with Crippen LogP contribution in [0.4, 0.5) is 0 Å². The molecule has 1 heterocycles. The number of aliphatic hydroxyl groups excluding tert-OH is 1. The van der Waals surface area contributed by atoms with Crippen molar-refractivity contribution in [3.8, 4) is 11.5 Å². The second-order valence-electron chi connectivity index (χ2n) is 10.5. The van der Waals surface area contributed by atoms with Gasteiger partial charge in [-0.05, 0) is 54.9 Å². The molecule has 1 aliphatic heterocycles. The Morgan fingerprint density at radius 3 is 2.81 bits per heavy atom. The zero-order valence-corrected chi connectivity index (χ0v) is 20.7. The number of carbonyl (C=O) groups excluding carboxylic acids is 2. The van der Waals surface area contributed by atoms with Crippen LogP contribution in [-0.2, 0) is 26.2 Å². The van der Waals surface area contributed by atoms with Crippen LogP contribution in [0.2, 0.25) is 0 Å². The molecule has 0 aromatic heterocycles. The molecule has 2 bridgehead atoms. The summed E-state index contributed by atoms with van der Waals surface area (Å²) in [5, 5.41) is 24.9. The minimum absolute atomic E-state index is 0.0235. The summed E-state index contributed by atoms with van der Waals surface area (Å²) < 4.78 is 17.9. The number of nitrogens with one attached hydrogen (secondary N) is 1. The summed E-state index contributed by atoms with van der Waals surface area (Å²) >= 11 is 0. The lowest BCUT2D eigenvalue weighted by molar-refractivity contribution is -0.160. The number of ether oxygens (including phenoxy) is 3. The van der Waals surface area contributed by atoms with Gasteiger partial charge < -0.3 is 29.7 Å². The number of benzene rings is 2. The van der Waals surface area contributed by atoms with Crippen molar-refractivity contribution >= 4 is 11.9 Å². The highest BCUT2D eigenvalue weighted by atomic mass is 16.6. The Morgan fingerprint density at radius 1 is 1.22 bits per heavy atom. The number of carbonyl (C=O) groups is 2. The van der Waals surface area contributed by atoms with Gasteiger partial charge in [0.15, 0.2) is 23.7 Å². The molecule has 2 aromatic carbocycles. The van der Waals surface area contributed by atoms with E-state index >= 15 is 0 Å². The number of methoxy groups -OCH3 is 1. The molecule has 0 unspecified atom stereocenters. The Hall–Kier alpha value is -3.36. The summed E-state index contributed by atoms with van der Waals surface area (Å²) in [5.41, 5.74) is 0.982. The van der Waals surface area contributed by atoms with Gasteiger partial charge in [0, 0.05) is 12.1 Å². The maximum absolute atomic E-state index is 12.8. The van der Waals surface area contributed by atoms with Crippen molar-refractivity contribution < 1.29 is 34.0 Å². The van der Waals surface area contributed by atoms with E-state index in [0.29, 0.717) is 29.2 Å². The van der Waals surface area contributed by atoms with Crippen molar-refractivity contribution in [1.29, 1.82) is 0 Å². The van der Waals surface area contributed by atoms with Crippen molar-refractivity contribution in [2.75, 3.05) is 13.7 Å². The van der Waals surface area contributed by atoms with Crippen LogP contribution in [0.15, 0.2) is 54.3 Å². The van der Waals surface area contributed by atoms with Gasteiger partial charge in [0.05, 0.1) is 24.5 Å². The lowest BCUT2D eigenvalue weighted by Crippen LogP contribution is -2.67. The van der Waals surface area contributed by atoms with Gasteiger partial charge in [-0.15, -0.1) is 0 Å². The topological polar surface area (TPSA) is 114 Å². The molecule has 0 saturated heterocycles. The molecule has 4 aliphatic rings. The highest BCUT2D eigenvalue weighted by molar-refractivity contribution is 5.82. The quantitative estimate of drug-likeness (QED) is 0.496. The zero-order chi connectivity index (χ0) is 25.8. The molecule has 8 nitrogen and oxygen atoms in total. The average molecular weight is 506 g/mol. The molecule has 6 rings (SSSR count). The molecule has 0 radical (unpaired) electrons. The Morgan fingerprint density at radius 2 is 2.03 bits per heavy atom. The number of rotatable bonds is 7. The van der Waals surface area contributed by atoms with Crippen LogP contribution in [0, 0.1) is 5.92 Å². The summed E-state index contributed by atoms with van der Waals surface area (Å²) in [5.74, 6) is 0.659. The van der Waals surface area contributed by atoms with Crippen LogP contribution >= 0.6 is 0 Å². The first-order chi connectivity index (χ1) is 17.9. The Bertz CT molecular complexity index is 1270. The fourth-order valence-electron chi connectivity index (χ4n) is 7.04. The molecule has 1 saturated carbocycles. The Labute approximate surface area is 215 Å². The molecule has 1 amide bonds. The van der Waals surface area contributed by atoms with E-state index in [-0.39, 0.29) is 18.9 Å². The lowest BCUT2D eigenvalue weighted by Gasteiger charge is -2.59. The highest BCUT2D eigenvalue weighted by Crippen LogP contribution is 2.67. The minimum atomic E-state index is -1.31. The molecule has 37 heavy (non-hydrogen) atoms. The molecule has 194 valence electrons. The lowest BCUT2D eigenvalue weighted by atomic mass is 9.47. The van der Waals surface area contributed by atoms with Gasteiger partial charge in [-0.2, -0.15) is 0 Å². The molecule has 3 N–H and O–H groups in total. The molecular formula is C29H31NO7. The van der Waals surface area contributed by atoms with Gasteiger partial charge in [-0.1, -0.05) is 42.8 Å². The Balaban J connectivity index is 1.18. The predicted molar refractivity (Wildman–Crippen MR) is 133 cm³/mol. The second-order valence-corrected chi connectivity index (χ2v) is 10.5. The molecule has 2 aromatic rings. The van der Waals surface area contributed by atoms with Crippen LogP contribution in [-0.4, -0.2) is 47.4 Å². The third-order valence-corrected chi connectivity index (χ3v) is 8.69. The normalized spacial score (nSPS) is 29.3. The SMILES string of the molecule is COc1ccc2c3c1O[C@H]1C(OC(=O)CCNC(=O)[C@H](O)c4ccccc4)=CC[C@@]4(O)[C@H](CCC[C@]314)C2. The second kappa shape index (κ2) is 8.89. The van der Waals surface area contributed by atoms with Crippen molar-refractivity contribution in [1.82, 2.24) is 5.32 Å². The smallest absolute Gasteiger partial charge is 0.312 e. The number of esters is 1. The summed E-state index contributed by atoms with van der Waals surface area (Å²) in [6.07, 6.45) is 3.60. The van der Waals surface area contributed by atoms with Crippen LogP contribution in [0.1, 0.15) is 54.9 Å².